The van der Waals surface area contributed by atoms with E-state index in [4.69, 9.17) is 5.73 Å². The fraction of sp³-hybridized carbons (Fsp3) is 1.00. The summed E-state index contributed by atoms with van der Waals surface area (Å²) in [6, 6.07) is 0.261. The number of rotatable bonds is 4. The van der Waals surface area contributed by atoms with Gasteiger partial charge in [0.1, 0.15) is 9.84 Å². The summed E-state index contributed by atoms with van der Waals surface area (Å²) in [5.74, 6) is 1.04. The summed E-state index contributed by atoms with van der Waals surface area (Å²) in [4.78, 5) is 0. The summed E-state index contributed by atoms with van der Waals surface area (Å²) in [6.45, 7) is 1.69. The van der Waals surface area contributed by atoms with Gasteiger partial charge in [-0.15, -0.1) is 0 Å². The Morgan fingerprint density at radius 1 is 1.42 bits per heavy atom. The zero-order chi connectivity index (χ0) is 9.19. The van der Waals surface area contributed by atoms with Gasteiger partial charge in [-0.2, -0.15) is 0 Å². The van der Waals surface area contributed by atoms with Crippen molar-refractivity contribution in [3.8, 4) is 0 Å². The van der Waals surface area contributed by atoms with Gasteiger partial charge < -0.3 is 5.73 Å². The molecule has 0 heterocycles. The predicted octanol–water partition coefficient (Wildman–Crippen LogP) is 0.549. The monoisotopic (exact) mass is 191 g/mol. The average molecular weight is 191 g/mol. The standard InChI is InChI=1S/C8H17NO2S/c1-2-12(10,11)6-5-7-3-4-8(7)9/h7-8H,2-6,9H2,1H3. The Balaban J connectivity index is 2.26. The van der Waals surface area contributed by atoms with E-state index < -0.39 is 9.84 Å². The molecule has 1 aliphatic rings. The summed E-state index contributed by atoms with van der Waals surface area (Å²) >= 11 is 0. The third-order valence-corrected chi connectivity index (χ3v) is 4.45. The number of sulfone groups is 1. The van der Waals surface area contributed by atoms with E-state index in [-0.39, 0.29) is 11.8 Å². The van der Waals surface area contributed by atoms with Crippen LogP contribution in [0.3, 0.4) is 0 Å². The van der Waals surface area contributed by atoms with Gasteiger partial charge in [0.15, 0.2) is 0 Å². The van der Waals surface area contributed by atoms with Crippen molar-refractivity contribution in [2.24, 2.45) is 11.7 Å². The van der Waals surface area contributed by atoms with E-state index >= 15 is 0 Å². The van der Waals surface area contributed by atoms with E-state index in [1.165, 1.54) is 0 Å². The lowest BCUT2D eigenvalue weighted by molar-refractivity contribution is 0.250. The second kappa shape index (κ2) is 3.75. The van der Waals surface area contributed by atoms with E-state index in [2.05, 4.69) is 0 Å². The summed E-state index contributed by atoms with van der Waals surface area (Å²) < 4.78 is 22.2. The van der Waals surface area contributed by atoms with Gasteiger partial charge in [0.2, 0.25) is 0 Å². The Morgan fingerprint density at radius 2 is 2.08 bits per heavy atom. The topological polar surface area (TPSA) is 60.2 Å². The Kier molecular flexibility index (Phi) is 3.12. The smallest absolute Gasteiger partial charge is 0.150 e. The van der Waals surface area contributed by atoms with Crippen LogP contribution in [0.4, 0.5) is 0 Å². The molecule has 0 aromatic heterocycles. The van der Waals surface area contributed by atoms with E-state index in [0.717, 1.165) is 19.3 Å². The highest BCUT2D eigenvalue weighted by atomic mass is 32.2. The summed E-state index contributed by atoms with van der Waals surface area (Å²) in [5.41, 5.74) is 5.70. The summed E-state index contributed by atoms with van der Waals surface area (Å²) in [5, 5.41) is 0. The zero-order valence-electron chi connectivity index (χ0n) is 7.49. The molecule has 2 N–H and O–H groups in total. The Bertz CT molecular complexity index is 235. The molecule has 0 amide bonds. The summed E-state index contributed by atoms with van der Waals surface area (Å²) in [7, 11) is -2.77. The highest BCUT2D eigenvalue weighted by Crippen LogP contribution is 2.28. The molecule has 0 spiro atoms. The number of nitrogens with two attached hydrogens (primary N) is 1. The highest BCUT2D eigenvalue weighted by Gasteiger charge is 2.27. The van der Waals surface area contributed by atoms with Crippen LogP contribution in [0.15, 0.2) is 0 Å². The highest BCUT2D eigenvalue weighted by molar-refractivity contribution is 7.91. The van der Waals surface area contributed by atoms with E-state index in [0.29, 0.717) is 11.7 Å². The van der Waals surface area contributed by atoms with Gasteiger partial charge in [0.25, 0.3) is 0 Å². The molecule has 1 aliphatic carbocycles. The van der Waals surface area contributed by atoms with Gasteiger partial charge in [0, 0.05) is 11.8 Å². The normalized spacial score (nSPS) is 29.8. The SMILES string of the molecule is CCS(=O)(=O)CCC1CCC1N. The molecule has 0 saturated heterocycles. The van der Waals surface area contributed by atoms with Crippen molar-refractivity contribution < 1.29 is 8.42 Å². The molecular formula is C8H17NO2S. The quantitative estimate of drug-likeness (QED) is 0.706. The van der Waals surface area contributed by atoms with Crippen LogP contribution in [0, 0.1) is 5.92 Å². The van der Waals surface area contributed by atoms with Crippen molar-refractivity contribution in [1.29, 1.82) is 0 Å². The van der Waals surface area contributed by atoms with Gasteiger partial charge in [-0.05, 0) is 25.2 Å². The van der Waals surface area contributed by atoms with Crippen LogP contribution in [-0.2, 0) is 9.84 Å². The molecule has 12 heavy (non-hydrogen) atoms. The number of hydrogen-bond donors (Lipinski definition) is 1. The van der Waals surface area contributed by atoms with Gasteiger partial charge in [-0.1, -0.05) is 6.92 Å². The van der Waals surface area contributed by atoms with Crippen LogP contribution in [-0.4, -0.2) is 26.0 Å². The lowest BCUT2D eigenvalue weighted by atomic mass is 9.79. The lowest BCUT2D eigenvalue weighted by Crippen LogP contribution is -2.40. The third kappa shape index (κ3) is 2.45. The minimum Gasteiger partial charge on any atom is -0.327 e. The molecule has 0 radical (unpaired) electrons. The van der Waals surface area contributed by atoms with Crippen LogP contribution < -0.4 is 5.73 Å². The molecule has 1 saturated carbocycles. The van der Waals surface area contributed by atoms with Crippen molar-refractivity contribution >= 4 is 9.84 Å². The molecule has 1 rings (SSSR count). The zero-order valence-corrected chi connectivity index (χ0v) is 8.31. The Labute approximate surface area is 74.3 Å². The largest absolute Gasteiger partial charge is 0.327 e. The lowest BCUT2D eigenvalue weighted by Gasteiger charge is -2.33. The second-order valence-electron chi connectivity index (χ2n) is 3.53. The molecule has 3 nitrogen and oxygen atoms in total. The maximum atomic E-state index is 11.1. The predicted molar refractivity (Wildman–Crippen MR) is 49.6 cm³/mol. The Hall–Kier alpha value is -0.0900. The minimum atomic E-state index is -2.77. The van der Waals surface area contributed by atoms with Crippen molar-refractivity contribution in [1.82, 2.24) is 0 Å². The summed E-state index contributed by atoms with van der Waals surface area (Å²) in [6.07, 6.45) is 2.94. The third-order valence-electron chi connectivity index (χ3n) is 2.72. The molecule has 1 fully saturated rings. The van der Waals surface area contributed by atoms with Crippen molar-refractivity contribution in [2.75, 3.05) is 11.5 Å². The first-order valence-corrected chi connectivity index (χ1v) is 6.33. The fourth-order valence-corrected chi connectivity index (χ4v) is 2.38. The molecule has 2 unspecified atom stereocenters. The molecule has 0 aromatic carbocycles. The average Bonchev–Trinajstić information content (AvgIpc) is 2.02. The molecule has 4 heteroatoms. The van der Waals surface area contributed by atoms with Crippen LogP contribution >= 0.6 is 0 Å². The Morgan fingerprint density at radius 3 is 2.42 bits per heavy atom. The molecular weight excluding hydrogens is 174 g/mol. The van der Waals surface area contributed by atoms with Crippen LogP contribution in [0.25, 0.3) is 0 Å². The molecule has 0 aromatic rings. The van der Waals surface area contributed by atoms with Gasteiger partial charge in [-0.25, -0.2) is 8.42 Å². The van der Waals surface area contributed by atoms with E-state index in [9.17, 15) is 8.42 Å². The van der Waals surface area contributed by atoms with E-state index in [1.807, 2.05) is 0 Å². The minimum absolute atomic E-state index is 0.259. The van der Waals surface area contributed by atoms with Crippen LogP contribution in [0.5, 0.6) is 0 Å². The maximum absolute atomic E-state index is 11.1. The first-order chi connectivity index (χ1) is 5.55. The molecule has 0 aliphatic heterocycles. The second-order valence-corrected chi connectivity index (χ2v) is 6.00. The first kappa shape index (κ1) is 9.99. The number of hydrogen-bond acceptors (Lipinski definition) is 3. The maximum Gasteiger partial charge on any atom is 0.150 e. The van der Waals surface area contributed by atoms with Crippen molar-refractivity contribution in [3.63, 3.8) is 0 Å². The van der Waals surface area contributed by atoms with Crippen molar-refractivity contribution in [2.45, 2.75) is 32.2 Å². The van der Waals surface area contributed by atoms with Gasteiger partial charge >= 0.3 is 0 Å². The van der Waals surface area contributed by atoms with Crippen molar-refractivity contribution in [3.05, 3.63) is 0 Å². The van der Waals surface area contributed by atoms with Gasteiger partial charge in [-0.3, -0.25) is 0 Å². The first-order valence-electron chi connectivity index (χ1n) is 4.51. The molecule has 72 valence electrons. The van der Waals surface area contributed by atoms with Crippen LogP contribution in [0.1, 0.15) is 26.2 Å². The van der Waals surface area contributed by atoms with Crippen LogP contribution in [0.2, 0.25) is 0 Å². The molecule has 2 atom stereocenters. The van der Waals surface area contributed by atoms with Gasteiger partial charge in [0.05, 0.1) is 5.75 Å². The fourth-order valence-electron chi connectivity index (χ4n) is 1.43. The molecule has 0 bridgehead atoms. The van der Waals surface area contributed by atoms with E-state index in [1.54, 1.807) is 6.92 Å².